The van der Waals surface area contributed by atoms with Crippen molar-refractivity contribution in [1.82, 2.24) is 9.78 Å². The lowest BCUT2D eigenvalue weighted by molar-refractivity contribution is 0.315. The minimum Gasteiger partial charge on any atom is -0.409 e. The van der Waals surface area contributed by atoms with Crippen molar-refractivity contribution in [2.45, 2.75) is 46.6 Å². The summed E-state index contributed by atoms with van der Waals surface area (Å²) in [5.74, 6) is 0.234. The van der Waals surface area contributed by atoms with Crippen molar-refractivity contribution in [2.75, 3.05) is 0 Å². The van der Waals surface area contributed by atoms with E-state index in [1.54, 1.807) is 0 Å². The summed E-state index contributed by atoms with van der Waals surface area (Å²) in [6, 6.07) is 0.106. The Morgan fingerprint density at radius 1 is 1.56 bits per heavy atom. The summed E-state index contributed by atoms with van der Waals surface area (Å²) >= 11 is 0. The predicted octanol–water partition coefficient (Wildman–Crippen LogP) is 1.76. The SMILES string of the molecule is CCc1c(C)nn(C(C)CC(N)=NO)c1C. The highest BCUT2D eigenvalue weighted by Gasteiger charge is 2.15. The monoisotopic (exact) mass is 224 g/mol. The average Bonchev–Trinajstić information content (AvgIpc) is 2.53. The third-order valence-corrected chi connectivity index (χ3v) is 2.88. The molecule has 0 aliphatic rings. The number of rotatable bonds is 4. The normalized spacial score (nSPS) is 14.1. The Hall–Kier alpha value is -1.52. The van der Waals surface area contributed by atoms with Gasteiger partial charge in [0.15, 0.2) is 0 Å². The van der Waals surface area contributed by atoms with Crippen molar-refractivity contribution < 1.29 is 5.21 Å². The highest BCUT2D eigenvalue weighted by atomic mass is 16.4. The van der Waals surface area contributed by atoms with Gasteiger partial charge < -0.3 is 10.9 Å². The lowest BCUT2D eigenvalue weighted by Gasteiger charge is -2.13. The molecule has 1 aromatic rings. The van der Waals surface area contributed by atoms with E-state index in [0.717, 1.165) is 12.1 Å². The molecule has 1 heterocycles. The number of aromatic nitrogens is 2. The van der Waals surface area contributed by atoms with E-state index >= 15 is 0 Å². The van der Waals surface area contributed by atoms with E-state index in [1.165, 1.54) is 11.3 Å². The van der Waals surface area contributed by atoms with Crippen LogP contribution in [-0.4, -0.2) is 20.8 Å². The van der Waals surface area contributed by atoms with E-state index in [-0.39, 0.29) is 11.9 Å². The van der Waals surface area contributed by atoms with E-state index in [1.807, 2.05) is 18.5 Å². The molecule has 0 spiro atoms. The summed E-state index contributed by atoms with van der Waals surface area (Å²) in [4.78, 5) is 0. The van der Waals surface area contributed by atoms with Crippen molar-refractivity contribution in [3.05, 3.63) is 17.0 Å². The number of nitrogens with zero attached hydrogens (tertiary/aromatic N) is 3. The molecule has 0 saturated carbocycles. The Kier molecular flexibility index (Phi) is 3.93. The largest absolute Gasteiger partial charge is 0.409 e. The maximum absolute atomic E-state index is 8.54. The van der Waals surface area contributed by atoms with Crippen LogP contribution in [-0.2, 0) is 6.42 Å². The molecule has 0 bridgehead atoms. The van der Waals surface area contributed by atoms with Gasteiger partial charge in [-0.15, -0.1) is 0 Å². The van der Waals surface area contributed by atoms with Gasteiger partial charge >= 0.3 is 0 Å². The van der Waals surface area contributed by atoms with Crippen LogP contribution in [0.5, 0.6) is 0 Å². The van der Waals surface area contributed by atoms with Crippen LogP contribution in [0.1, 0.15) is 43.3 Å². The Bertz CT molecular complexity index is 395. The van der Waals surface area contributed by atoms with Gasteiger partial charge in [-0.2, -0.15) is 5.10 Å². The van der Waals surface area contributed by atoms with Crippen molar-refractivity contribution in [2.24, 2.45) is 10.9 Å². The first-order chi connectivity index (χ1) is 7.51. The molecule has 0 aliphatic carbocycles. The third kappa shape index (κ3) is 2.35. The van der Waals surface area contributed by atoms with Gasteiger partial charge in [0.2, 0.25) is 0 Å². The van der Waals surface area contributed by atoms with Gasteiger partial charge in [0.05, 0.1) is 11.7 Å². The second-order valence-corrected chi connectivity index (χ2v) is 4.09. The van der Waals surface area contributed by atoms with Gasteiger partial charge in [0, 0.05) is 12.1 Å². The van der Waals surface area contributed by atoms with E-state index in [0.29, 0.717) is 6.42 Å². The molecule has 0 radical (unpaired) electrons. The van der Waals surface area contributed by atoms with E-state index < -0.39 is 0 Å². The molecule has 1 rings (SSSR count). The standard InChI is InChI=1S/C11H20N4O/c1-5-10-8(3)13-15(9(10)4)7(2)6-11(12)14-16/h7,16H,5-6H2,1-4H3,(H2,12,14). The summed E-state index contributed by atoms with van der Waals surface area (Å²) in [6.45, 7) is 8.20. The van der Waals surface area contributed by atoms with Crippen LogP contribution in [0.25, 0.3) is 0 Å². The first-order valence-corrected chi connectivity index (χ1v) is 5.52. The molecule has 1 unspecified atom stereocenters. The number of hydrogen-bond donors (Lipinski definition) is 2. The first kappa shape index (κ1) is 12.5. The van der Waals surface area contributed by atoms with Crippen LogP contribution >= 0.6 is 0 Å². The molecule has 0 aromatic carbocycles. The van der Waals surface area contributed by atoms with Crippen molar-refractivity contribution in [3.8, 4) is 0 Å². The lowest BCUT2D eigenvalue weighted by atomic mass is 10.1. The third-order valence-electron chi connectivity index (χ3n) is 2.88. The maximum Gasteiger partial charge on any atom is 0.141 e. The minimum absolute atomic E-state index is 0.106. The van der Waals surface area contributed by atoms with Crippen LogP contribution in [0.4, 0.5) is 0 Å². The fourth-order valence-corrected chi connectivity index (χ4v) is 2.07. The van der Waals surface area contributed by atoms with Crippen LogP contribution in [0.15, 0.2) is 5.16 Å². The molecule has 90 valence electrons. The van der Waals surface area contributed by atoms with Gasteiger partial charge in [0.1, 0.15) is 5.84 Å². The summed E-state index contributed by atoms with van der Waals surface area (Å²) in [5, 5.41) is 16.0. The lowest BCUT2D eigenvalue weighted by Crippen LogP contribution is -2.19. The Labute approximate surface area is 95.9 Å². The zero-order chi connectivity index (χ0) is 12.3. The van der Waals surface area contributed by atoms with Crippen molar-refractivity contribution in [1.29, 1.82) is 0 Å². The number of hydrogen-bond acceptors (Lipinski definition) is 3. The van der Waals surface area contributed by atoms with Crippen LogP contribution in [0.2, 0.25) is 0 Å². The van der Waals surface area contributed by atoms with Gasteiger partial charge in [-0.3, -0.25) is 4.68 Å². The number of oxime groups is 1. The van der Waals surface area contributed by atoms with Gasteiger partial charge in [-0.1, -0.05) is 12.1 Å². The zero-order valence-corrected chi connectivity index (χ0v) is 10.4. The van der Waals surface area contributed by atoms with Crippen LogP contribution in [0, 0.1) is 13.8 Å². The number of nitrogens with two attached hydrogens (primary N) is 1. The molecule has 0 amide bonds. The summed E-state index contributed by atoms with van der Waals surface area (Å²) < 4.78 is 1.95. The topological polar surface area (TPSA) is 76.4 Å². The van der Waals surface area contributed by atoms with E-state index in [9.17, 15) is 0 Å². The summed E-state index contributed by atoms with van der Waals surface area (Å²) in [6.07, 6.45) is 1.48. The zero-order valence-electron chi connectivity index (χ0n) is 10.4. The van der Waals surface area contributed by atoms with Gasteiger partial charge in [0.25, 0.3) is 0 Å². The number of amidine groups is 1. The van der Waals surface area contributed by atoms with Crippen LogP contribution < -0.4 is 5.73 Å². The summed E-state index contributed by atoms with van der Waals surface area (Å²) in [5.41, 5.74) is 9.01. The molecule has 1 atom stereocenters. The highest BCUT2D eigenvalue weighted by molar-refractivity contribution is 5.79. The molecule has 5 heteroatoms. The first-order valence-electron chi connectivity index (χ1n) is 5.52. The average molecular weight is 224 g/mol. The number of aryl methyl sites for hydroxylation is 1. The Morgan fingerprint density at radius 3 is 2.62 bits per heavy atom. The molecule has 0 aliphatic heterocycles. The van der Waals surface area contributed by atoms with E-state index in [2.05, 4.69) is 24.1 Å². The summed E-state index contributed by atoms with van der Waals surface area (Å²) in [7, 11) is 0. The van der Waals surface area contributed by atoms with Crippen molar-refractivity contribution in [3.63, 3.8) is 0 Å². The molecular formula is C11H20N4O. The van der Waals surface area contributed by atoms with Gasteiger partial charge in [-0.05, 0) is 32.8 Å². The minimum atomic E-state index is 0.106. The fourth-order valence-electron chi connectivity index (χ4n) is 2.07. The second kappa shape index (κ2) is 5.01. The Morgan fingerprint density at radius 2 is 2.19 bits per heavy atom. The second-order valence-electron chi connectivity index (χ2n) is 4.09. The van der Waals surface area contributed by atoms with Crippen molar-refractivity contribution >= 4 is 5.84 Å². The molecule has 3 N–H and O–H groups in total. The highest BCUT2D eigenvalue weighted by Crippen LogP contribution is 2.19. The van der Waals surface area contributed by atoms with Gasteiger partial charge in [-0.25, -0.2) is 0 Å². The smallest absolute Gasteiger partial charge is 0.141 e. The Balaban J connectivity index is 2.96. The van der Waals surface area contributed by atoms with Crippen LogP contribution in [0.3, 0.4) is 0 Å². The molecule has 0 fully saturated rings. The fraction of sp³-hybridized carbons (Fsp3) is 0.636. The van der Waals surface area contributed by atoms with E-state index in [4.69, 9.17) is 10.9 Å². The quantitative estimate of drug-likeness (QED) is 0.354. The molecular weight excluding hydrogens is 204 g/mol. The molecule has 1 aromatic heterocycles. The maximum atomic E-state index is 8.54. The molecule has 5 nitrogen and oxygen atoms in total. The predicted molar refractivity (Wildman–Crippen MR) is 63.8 cm³/mol. The molecule has 16 heavy (non-hydrogen) atoms. The molecule has 0 saturated heterocycles.